The van der Waals surface area contributed by atoms with E-state index in [4.69, 9.17) is 9.73 Å². The van der Waals surface area contributed by atoms with Crippen LogP contribution in [0.5, 0.6) is 0 Å². The number of hydrogen-bond donors (Lipinski definition) is 1. The molecule has 1 aliphatic rings. The van der Waals surface area contributed by atoms with E-state index in [9.17, 15) is 10.0 Å². The second-order valence-electron chi connectivity index (χ2n) is 9.91. The molecule has 1 N–H and O–H groups in total. The Morgan fingerprint density at radius 2 is 1.74 bits per heavy atom. The van der Waals surface area contributed by atoms with Gasteiger partial charge in [0, 0.05) is 17.5 Å². The number of aryl methyl sites for hydroxylation is 1. The van der Waals surface area contributed by atoms with Crippen LogP contribution in [0.15, 0.2) is 28.3 Å². The summed E-state index contributed by atoms with van der Waals surface area (Å²) in [6.45, 7) is 11.5. The zero-order valence-corrected chi connectivity index (χ0v) is 22.2. The van der Waals surface area contributed by atoms with Gasteiger partial charge in [-0.1, -0.05) is 96.0 Å². The SMILES string of the molecule is CCCCCCCC(CCC)OC(=O)/C(=N/O)C1=NCC(CCC)(CCC)c2c(C)cccc21. The number of ether oxygens (including phenoxy) is 1. The number of esters is 1. The number of fused-ring (bicyclic) bond motifs is 1. The minimum atomic E-state index is -0.570. The van der Waals surface area contributed by atoms with E-state index in [1.807, 2.05) is 12.1 Å². The largest absolute Gasteiger partial charge is 0.458 e. The molecule has 0 amide bonds. The maximum atomic E-state index is 13.2. The number of benzene rings is 1. The Balaban J connectivity index is 2.28. The van der Waals surface area contributed by atoms with Crippen molar-refractivity contribution in [2.75, 3.05) is 6.54 Å². The van der Waals surface area contributed by atoms with Crippen LogP contribution in [0.3, 0.4) is 0 Å². The molecular formula is C29H46N2O3. The van der Waals surface area contributed by atoms with Crippen molar-refractivity contribution in [2.45, 2.75) is 123 Å². The van der Waals surface area contributed by atoms with Crippen LogP contribution in [0.2, 0.25) is 0 Å². The normalized spacial score (nSPS) is 16.0. The molecule has 5 heteroatoms. The summed E-state index contributed by atoms with van der Waals surface area (Å²) in [5.41, 5.74) is 3.71. The monoisotopic (exact) mass is 470 g/mol. The van der Waals surface area contributed by atoms with Crippen LogP contribution in [0, 0.1) is 6.92 Å². The zero-order chi connectivity index (χ0) is 25.0. The minimum Gasteiger partial charge on any atom is -0.458 e. The fourth-order valence-electron chi connectivity index (χ4n) is 5.61. The van der Waals surface area contributed by atoms with Gasteiger partial charge in [-0.25, -0.2) is 4.79 Å². The topological polar surface area (TPSA) is 71.2 Å². The molecule has 0 fully saturated rings. The highest BCUT2D eigenvalue weighted by Gasteiger charge is 2.40. The number of rotatable bonds is 15. The van der Waals surface area contributed by atoms with Gasteiger partial charge in [0.2, 0.25) is 5.71 Å². The van der Waals surface area contributed by atoms with Crippen LogP contribution >= 0.6 is 0 Å². The highest BCUT2D eigenvalue weighted by atomic mass is 16.5. The Hall–Kier alpha value is -2.17. The first-order chi connectivity index (χ1) is 16.5. The maximum absolute atomic E-state index is 13.2. The van der Waals surface area contributed by atoms with Crippen LogP contribution in [0.1, 0.15) is 121 Å². The Bertz CT molecular complexity index is 838. The number of hydrogen-bond acceptors (Lipinski definition) is 5. The molecule has 0 saturated heterocycles. The van der Waals surface area contributed by atoms with Gasteiger partial charge in [-0.15, -0.1) is 0 Å². The lowest BCUT2D eigenvalue weighted by atomic mass is 9.68. The lowest BCUT2D eigenvalue weighted by molar-refractivity contribution is -0.141. The lowest BCUT2D eigenvalue weighted by Crippen LogP contribution is -2.40. The smallest absolute Gasteiger partial charge is 0.362 e. The summed E-state index contributed by atoms with van der Waals surface area (Å²) in [7, 11) is 0. The number of oxime groups is 1. The van der Waals surface area contributed by atoms with Crippen molar-refractivity contribution in [3.8, 4) is 0 Å². The first-order valence-corrected chi connectivity index (χ1v) is 13.6. The van der Waals surface area contributed by atoms with Gasteiger partial charge in [0.05, 0.1) is 0 Å². The molecule has 0 saturated carbocycles. The molecule has 0 bridgehead atoms. The van der Waals surface area contributed by atoms with Gasteiger partial charge in [-0.05, 0) is 50.2 Å². The van der Waals surface area contributed by atoms with E-state index in [1.165, 1.54) is 30.4 Å². The summed E-state index contributed by atoms with van der Waals surface area (Å²) in [4.78, 5) is 18.1. The van der Waals surface area contributed by atoms with E-state index < -0.39 is 5.97 Å². The predicted molar refractivity (Wildman–Crippen MR) is 141 cm³/mol. The average molecular weight is 471 g/mol. The molecule has 2 rings (SSSR count). The summed E-state index contributed by atoms with van der Waals surface area (Å²) < 4.78 is 5.89. The van der Waals surface area contributed by atoms with Crippen molar-refractivity contribution in [3.63, 3.8) is 0 Å². The Labute approximate surface area is 207 Å². The number of unbranched alkanes of at least 4 members (excludes halogenated alkanes) is 4. The van der Waals surface area contributed by atoms with Crippen molar-refractivity contribution >= 4 is 17.4 Å². The first-order valence-electron chi connectivity index (χ1n) is 13.6. The molecule has 1 aliphatic heterocycles. The standard InChI is InChI=1S/C29H46N2O3/c1-6-10-11-12-13-17-23(15-7-2)34-28(32)27(31-33)26-24-18-14-16-22(5)25(24)29(19-8-3,20-9-4)21-30-26/h14,16,18,23,33H,6-13,15,17,19-21H2,1-5H3/b31-27+. The molecule has 190 valence electrons. The van der Waals surface area contributed by atoms with Gasteiger partial charge in [0.15, 0.2) is 0 Å². The van der Waals surface area contributed by atoms with Crippen molar-refractivity contribution in [1.82, 2.24) is 0 Å². The van der Waals surface area contributed by atoms with Gasteiger partial charge in [0.25, 0.3) is 0 Å². The van der Waals surface area contributed by atoms with E-state index in [-0.39, 0.29) is 17.2 Å². The maximum Gasteiger partial charge on any atom is 0.362 e. The van der Waals surface area contributed by atoms with Crippen molar-refractivity contribution in [3.05, 3.63) is 34.9 Å². The molecule has 1 heterocycles. The molecule has 1 unspecified atom stereocenters. The molecule has 1 atom stereocenters. The van der Waals surface area contributed by atoms with Crippen LogP contribution < -0.4 is 0 Å². The third-order valence-corrected chi connectivity index (χ3v) is 7.09. The number of carbonyl (C=O) groups is 1. The quantitative estimate of drug-likeness (QED) is 0.0946. The Morgan fingerprint density at radius 3 is 2.35 bits per heavy atom. The van der Waals surface area contributed by atoms with Crippen LogP contribution in [0.25, 0.3) is 0 Å². The molecule has 5 nitrogen and oxygen atoms in total. The van der Waals surface area contributed by atoms with Crippen molar-refractivity contribution in [1.29, 1.82) is 0 Å². The molecular weight excluding hydrogens is 424 g/mol. The van der Waals surface area contributed by atoms with Crippen LogP contribution in [-0.4, -0.2) is 35.2 Å². The van der Waals surface area contributed by atoms with E-state index in [0.717, 1.165) is 63.4 Å². The third kappa shape index (κ3) is 6.93. The summed E-state index contributed by atoms with van der Waals surface area (Å²) >= 11 is 0. The van der Waals surface area contributed by atoms with Gasteiger partial charge in [-0.3, -0.25) is 4.99 Å². The van der Waals surface area contributed by atoms with E-state index >= 15 is 0 Å². The third-order valence-electron chi connectivity index (χ3n) is 7.09. The summed E-state index contributed by atoms with van der Waals surface area (Å²) in [5.74, 6) is -0.570. The molecule has 0 radical (unpaired) electrons. The summed E-state index contributed by atoms with van der Waals surface area (Å²) in [6, 6.07) is 6.13. The van der Waals surface area contributed by atoms with Crippen LogP contribution in [0.4, 0.5) is 0 Å². The van der Waals surface area contributed by atoms with Crippen molar-refractivity contribution < 1.29 is 14.7 Å². The molecule has 0 aromatic heterocycles. The average Bonchev–Trinajstić information content (AvgIpc) is 2.81. The van der Waals surface area contributed by atoms with Crippen LogP contribution in [-0.2, 0) is 14.9 Å². The number of nitrogens with zero attached hydrogens (tertiary/aromatic N) is 2. The van der Waals surface area contributed by atoms with E-state index in [1.54, 1.807) is 0 Å². The highest BCUT2D eigenvalue weighted by molar-refractivity contribution is 6.69. The number of aliphatic imine (C=N–C) groups is 1. The number of carbonyl (C=O) groups excluding carboxylic acids is 1. The lowest BCUT2D eigenvalue weighted by Gasteiger charge is -2.39. The molecule has 1 aromatic carbocycles. The van der Waals surface area contributed by atoms with Gasteiger partial charge >= 0.3 is 5.97 Å². The second-order valence-corrected chi connectivity index (χ2v) is 9.91. The Kier molecular flexibility index (Phi) is 11.8. The second kappa shape index (κ2) is 14.3. The zero-order valence-electron chi connectivity index (χ0n) is 22.2. The summed E-state index contributed by atoms with van der Waals surface area (Å²) in [5, 5.41) is 13.3. The predicted octanol–water partition coefficient (Wildman–Crippen LogP) is 7.54. The fourth-order valence-corrected chi connectivity index (χ4v) is 5.61. The molecule has 0 aliphatic carbocycles. The Morgan fingerprint density at radius 1 is 1.03 bits per heavy atom. The minimum absolute atomic E-state index is 0.0403. The van der Waals surface area contributed by atoms with Gasteiger partial charge in [-0.2, -0.15) is 0 Å². The van der Waals surface area contributed by atoms with Gasteiger partial charge < -0.3 is 9.94 Å². The molecule has 34 heavy (non-hydrogen) atoms. The highest BCUT2D eigenvalue weighted by Crippen LogP contribution is 2.41. The van der Waals surface area contributed by atoms with Crippen molar-refractivity contribution in [2.24, 2.45) is 10.1 Å². The molecule has 0 spiro atoms. The summed E-state index contributed by atoms with van der Waals surface area (Å²) in [6.07, 6.45) is 12.6. The van der Waals surface area contributed by atoms with E-state index in [0.29, 0.717) is 12.3 Å². The molecule has 1 aromatic rings. The van der Waals surface area contributed by atoms with E-state index in [2.05, 4.69) is 45.8 Å². The first kappa shape index (κ1) is 28.1. The van der Waals surface area contributed by atoms with Gasteiger partial charge in [0.1, 0.15) is 11.8 Å². The fraction of sp³-hybridized carbons (Fsp3) is 0.690.